The fraction of sp³-hybridized carbons (Fsp3) is 0.143. The molecule has 0 amide bonds. The average Bonchev–Trinajstić information content (AvgIpc) is 2.38. The van der Waals surface area contributed by atoms with E-state index in [4.69, 9.17) is 10.5 Å². The highest BCUT2D eigenvalue weighted by molar-refractivity contribution is 5.68. The van der Waals surface area contributed by atoms with Gasteiger partial charge in [-0.3, -0.25) is 0 Å². The van der Waals surface area contributed by atoms with Crippen LogP contribution in [-0.2, 0) is 0 Å². The second-order valence-electron chi connectivity index (χ2n) is 3.70. The minimum Gasteiger partial charge on any atom is -0.192 e. The molecular formula is C14H9F3N2. The minimum atomic E-state index is -4.74. The Morgan fingerprint density at radius 2 is 1.63 bits per heavy atom. The van der Waals surface area contributed by atoms with Crippen LogP contribution >= 0.6 is 0 Å². The van der Waals surface area contributed by atoms with Crippen LogP contribution in [-0.4, -0.2) is 6.18 Å². The third kappa shape index (κ3) is 3.72. The Hall–Kier alpha value is -2.53. The van der Waals surface area contributed by atoms with Crippen molar-refractivity contribution >= 4 is 5.57 Å². The SMILES string of the molecule is CC(=CC(=C(C#N)C#N)C(F)(F)F)c1ccccc1. The second-order valence-corrected chi connectivity index (χ2v) is 3.70. The molecule has 0 bridgehead atoms. The van der Waals surface area contributed by atoms with Gasteiger partial charge in [-0.25, -0.2) is 0 Å². The first-order valence-electron chi connectivity index (χ1n) is 5.25. The molecule has 0 spiro atoms. The summed E-state index contributed by atoms with van der Waals surface area (Å²) in [6, 6.07) is 11.0. The standard InChI is InChI=1S/C14H9F3N2/c1-10(11-5-3-2-4-6-11)7-13(14(15,16)17)12(8-18)9-19/h2-7H,1H3. The second kappa shape index (κ2) is 5.88. The van der Waals surface area contributed by atoms with E-state index in [0.717, 1.165) is 6.08 Å². The maximum absolute atomic E-state index is 12.8. The zero-order valence-electron chi connectivity index (χ0n) is 9.99. The van der Waals surface area contributed by atoms with Gasteiger partial charge in [0.1, 0.15) is 17.7 Å². The van der Waals surface area contributed by atoms with Crippen molar-refractivity contribution in [1.29, 1.82) is 10.5 Å². The summed E-state index contributed by atoms with van der Waals surface area (Å²) in [5.74, 6) is 0. The number of allylic oxidation sites excluding steroid dienone is 4. The van der Waals surface area contributed by atoms with Crippen molar-refractivity contribution in [3.05, 3.63) is 53.1 Å². The summed E-state index contributed by atoms with van der Waals surface area (Å²) >= 11 is 0. The first kappa shape index (κ1) is 14.5. The van der Waals surface area contributed by atoms with Crippen molar-refractivity contribution < 1.29 is 13.2 Å². The molecule has 0 heterocycles. The van der Waals surface area contributed by atoms with Crippen molar-refractivity contribution in [1.82, 2.24) is 0 Å². The van der Waals surface area contributed by atoms with E-state index >= 15 is 0 Å². The van der Waals surface area contributed by atoms with Crippen molar-refractivity contribution in [2.24, 2.45) is 0 Å². The predicted octanol–water partition coefficient (Wildman–Crippen LogP) is 4.00. The Bertz CT molecular complexity index is 580. The molecule has 0 aromatic heterocycles. The van der Waals surface area contributed by atoms with Gasteiger partial charge in [-0.2, -0.15) is 23.7 Å². The van der Waals surface area contributed by atoms with Crippen molar-refractivity contribution in [2.45, 2.75) is 13.1 Å². The third-order valence-electron chi connectivity index (χ3n) is 2.39. The van der Waals surface area contributed by atoms with Gasteiger partial charge in [0, 0.05) is 0 Å². The molecule has 5 heteroatoms. The number of halogens is 3. The monoisotopic (exact) mass is 262 g/mol. The molecule has 0 atom stereocenters. The van der Waals surface area contributed by atoms with Crippen LogP contribution in [0.4, 0.5) is 13.2 Å². The fourth-order valence-electron chi connectivity index (χ4n) is 1.44. The van der Waals surface area contributed by atoms with Crippen molar-refractivity contribution in [3.63, 3.8) is 0 Å². The quantitative estimate of drug-likeness (QED) is 0.597. The van der Waals surface area contributed by atoms with Gasteiger partial charge in [-0.05, 0) is 24.1 Å². The van der Waals surface area contributed by atoms with Crippen LogP contribution in [0.1, 0.15) is 12.5 Å². The summed E-state index contributed by atoms with van der Waals surface area (Å²) in [7, 11) is 0. The van der Waals surface area contributed by atoms with Crippen molar-refractivity contribution in [3.8, 4) is 12.1 Å². The van der Waals surface area contributed by atoms with Gasteiger partial charge in [0.05, 0.1) is 5.57 Å². The number of nitrogens with zero attached hydrogens (tertiary/aromatic N) is 2. The maximum atomic E-state index is 12.8. The Morgan fingerprint density at radius 1 is 1.11 bits per heavy atom. The van der Waals surface area contributed by atoms with Gasteiger partial charge in [-0.1, -0.05) is 30.3 Å². The molecule has 0 aliphatic rings. The molecular weight excluding hydrogens is 253 g/mol. The van der Waals surface area contributed by atoms with E-state index < -0.39 is 17.3 Å². The first-order valence-corrected chi connectivity index (χ1v) is 5.25. The number of benzene rings is 1. The van der Waals surface area contributed by atoms with Gasteiger partial charge in [0.2, 0.25) is 0 Å². The molecule has 1 aromatic carbocycles. The lowest BCUT2D eigenvalue weighted by Gasteiger charge is -2.09. The number of alkyl halides is 3. The molecule has 96 valence electrons. The Kier molecular flexibility index (Phi) is 4.50. The molecule has 0 aliphatic carbocycles. The van der Waals surface area contributed by atoms with Gasteiger partial charge < -0.3 is 0 Å². The van der Waals surface area contributed by atoms with E-state index in [-0.39, 0.29) is 0 Å². The van der Waals surface area contributed by atoms with E-state index in [9.17, 15) is 13.2 Å². The Balaban J connectivity index is 3.37. The highest BCUT2D eigenvalue weighted by Crippen LogP contribution is 2.31. The first-order chi connectivity index (χ1) is 8.90. The summed E-state index contributed by atoms with van der Waals surface area (Å²) in [6.45, 7) is 1.49. The van der Waals surface area contributed by atoms with Crippen LogP contribution < -0.4 is 0 Å². The number of nitriles is 2. The Labute approximate surface area is 108 Å². The van der Waals surface area contributed by atoms with E-state index in [1.165, 1.54) is 19.1 Å². The normalized spacial score (nSPS) is 11.4. The van der Waals surface area contributed by atoms with Gasteiger partial charge in [0.15, 0.2) is 0 Å². The zero-order chi connectivity index (χ0) is 14.5. The molecule has 0 saturated carbocycles. The van der Waals surface area contributed by atoms with Crippen molar-refractivity contribution in [2.75, 3.05) is 0 Å². The van der Waals surface area contributed by atoms with E-state index in [2.05, 4.69) is 0 Å². The van der Waals surface area contributed by atoms with E-state index in [0.29, 0.717) is 11.1 Å². The third-order valence-corrected chi connectivity index (χ3v) is 2.39. The molecule has 2 nitrogen and oxygen atoms in total. The number of hydrogen-bond donors (Lipinski definition) is 0. The average molecular weight is 262 g/mol. The van der Waals surface area contributed by atoms with Crippen LogP contribution in [0.5, 0.6) is 0 Å². The number of rotatable bonds is 2. The molecule has 19 heavy (non-hydrogen) atoms. The molecule has 0 saturated heterocycles. The van der Waals surface area contributed by atoms with Gasteiger partial charge >= 0.3 is 6.18 Å². The largest absolute Gasteiger partial charge is 0.418 e. The fourth-order valence-corrected chi connectivity index (χ4v) is 1.44. The molecule has 0 radical (unpaired) electrons. The summed E-state index contributed by atoms with van der Waals surface area (Å²) in [5, 5.41) is 17.2. The van der Waals surface area contributed by atoms with Crippen LogP contribution in [0, 0.1) is 22.7 Å². The number of hydrogen-bond acceptors (Lipinski definition) is 2. The Morgan fingerprint density at radius 3 is 2.05 bits per heavy atom. The van der Waals surface area contributed by atoms with Gasteiger partial charge in [0.25, 0.3) is 0 Å². The molecule has 0 unspecified atom stereocenters. The topological polar surface area (TPSA) is 47.6 Å². The molecule has 0 fully saturated rings. The summed E-state index contributed by atoms with van der Waals surface area (Å²) in [5.41, 5.74) is -1.24. The summed E-state index contributed by atoms with van der Waals surface area (Å²) in [4.78, 5) is 0. The lowest BCUT2D eigenvalue weighted by Crippen LogP contribution is -2.12. The molecule has 0 N–H and O–H groups in total. The molecule has 0 aliphatic heterocycles. The van der Waals surface area contributed by atoms with E-state index in [1.54, 1.807) is 30.3 Å². The lowest BCUT2D eigenvalue weighted by molar-refractivity contribution is -0.0884. The van der Waals surface area contributed by atoms with E-state index in [1.807, 2.05) is 0 Å². The smallest absolute Gasteiger partial charge is 0.192 e. The highest BCUT2D eigenvalue weighted by atomic mass is 19.4. The predicted molar refractivity (Wildman–Crippen MR) is 64.4 cm³/mol. The lowest BCUT2D eigenvalue weighted by atomic mass is 10.0. The van der Waals surface area contributed by atoms with Crippen LogP contribution in [0.3, 0.4) is 0 Å². The minimum absolute atomic E-state index is 0.330. The highest BCUT2D eigenvalue weighted by Gasteiger charge is 2.35. The van der Waals surface area contributed by atoms with Crippen LogP contribution in [0.15, 0.2) is 47.6 Å². The van der Waals surface area contributed by atoms with Gasteiger partial charge in [-0.15, -0.1) is 0 Å². The summed E-state index contributed by atoms with van der Waals surface area (Å²) < 4.78 is 38.4. The maximum Gasteiger partial charge on any atom is 0.418 e. The summed E-state index contributed by atoms with van der Waals surface area (Å²) in [6.07, 6.45) is -3.92. The zero-order valence-corrected chi connectivity index (χ0v) is 9.99. The van der Waals surface area contributed by atoms with Crippen LogP contribution in [0.25, 0.3) is 5.57 Å². The molecule has 1 rings (SSSR count). The molecule has 1 aromatic rings. The van der Waals surface area contributed by atoms with Crippen LogP contribution in [0.2, 0.25) is 0 Å².